The maximum absolute atomic E-state index is 13.0. The van der Waals surface area contributed by atoms with Crippen LogP contribution in [-0.4, -0.2) is 54.2 Å². The highest BCUT2D eigenvalue weighted by atomic mass is 19.1. The molecule has 2 aliphatic rings. The smallest absolute Gasteiger partial charge is 0.227 e. The summed E-state index contributed by atoms with van der Waals surface area (Å²) in [6.07, 6.45) is 5.60. The van der Waals surface area contributed by atoms with Crippen LogP contribution in [0.15, 0.2) is 30.6 Å². The summed E-state index contributed by atoms with van der Waals surface area (Å²) in [5.41, 5.74) is 0. The van der Waals surface area contributed by atoms with Crippen molar-refractivity contribution in [3.8, 4) is 0 Å². The molecule has 0 N–H and O–H groups in total. The van der Waals surface area contributed by atoms with Crippen LogP contribution in [0.1, 0.15) is 12.8 Å². The SMILES string of the molecule is Fc1ccc(N2CCN(c3nccc(N4CCCC4)n3)CC2)nc1. The van der Waals surface area contributed by atoms with Gasteiger partial charge in [-0.05, 0) is 31.0 Å². The average Bonchev–Trinajstić information content (AvgIpc) is 3.17. The number of pyridine rings is 1. The first-order chi connectivity index (χ1) is 11.8. The van der Waals surface area contributed by atoms with Crippen molar-refractivity contribution >= 4 is 17.6 Å². The average molecular weight is 328 g/mol. The van der Waals surface area contributed by atoms with E-state index in [2.05, 4.69) is 24.7 Å². The Labute approximate surface area is 141 Å². The Hall–Kier alpha value is -2.44. The van der Waals surface area contributed by atoms with Gasteiger partial charge in [-0.2, -0.15) is 4.98 Å². The summed E-state index contributed by atoms with van der Waals surface area (Å²) >= 11 is 0. The molecule has 0 amide bonds. The fraction of sp³-hybridized carbons (Fsp3) is 0.471. The minimum atomic E-state index is -0.301. The van der Waals surface area contributed by atoms with Crippen LogP contribution in [-0.2, 0) is 0 Å². The maximum atomic E-state index is 13.0. The van der Waals surface area contributed by atoms with Gasteiger partial charge in [-0.15, -0.1) is 0 Å². The first kappa shape index (κ1) is 15.1. The van der Waals surface area contributed by atoms with Crippen LogP contribution < -0.4 is 14.7 Å². The predicted molar refractivity (Wildman–Crippen MR) is 92.1 cm³/mol. The van der Waals surface area contributed by atoms with Crippen molar-refractivity contribution in [2.75, 3.05) is 54.0 Å². The largest absolute Gasteiger partial charge is 0.356 e. The van der Waals surface area contributed by atoms with E-state index in [1.807, 2.05) is 12.3 Å². The Kier molecular flexibility index (Phi) is 4.15. The zero-order chi connectivity index (χ0) is 16.4. The standard InChI is InChI=1S/C17H21FN6/c18-14-3-4-15(20-13-14)23-9-11-24(12-10-23)17-19-6-5-16(21-17)22-7-1-2-8-22/h3-6,13H,1-2,7-12H2. The molecule has 0 atom stereocenters. The van der Waals surface area contributed by atoms with Gasteiger partial charge in [-0.1, -0.05) is 0 Å². The van der Waals surface area contributed by atoms with E-state index < -0.39 is 0 Å². The van der Waals surface area contributed by atoms with Gasteiger partial charge in [0.2, 0.25) is 5.95 Å². The summed E-state index contributed by atoms with van der Waals surface area (Å²) in [7, 11) is 0. The van der Waals surface area contributed by atoms with Crippen LogP contribution in [0.3, 0.4) is 0 Å². The topological polar surface area (TPSA) is 48.4 Å². The third-order valence-corrected chi connectivity index (χ3v) is 4.66. The summed E-state index contributed by atoms with van der Waals surface area (Å²) in [6, 6.07) is 5.18. The first-order valence-electron chi connectivity index (χ1n) is 8.49. The lowest BCUT2D eigenvalue weighted by atomic mass is 10.3. The van der Waals surface area contributed by atoms with Gasteiger partial charge in [0.05, 0.1) is 6.20 Å². The Morgan fingerprint density at radius 1 is 0.750 bits per heavy atom. The van der Waals surface area contributed by atoms with Crippen molar-refractivity contribution in [3.63, 3.8) is 0 Å². The van der Waals surface area contributed by atoms with Crippen molar-refractivity contribution in [2.24, 2.45) is 0 Å². The van der Waals surface area contributed by atoms with E-state index >= 15 is 0 Å². The third-order valence-electron chi connectivity index (χ3n) is 4.66. The van der Waals surface area contributed by atoms with Gasteiger partial charge in [-0.25, -0.2) is 14.4 Å². The van der Waals surface area contributed by atoms with Crippen molar-refractivity contribution in [2.45, 2.75) is 12.8 Å². The minimum absolute atomic E-state index is 0.301. The van der Waals surface area contributed by atoms with E-state index in [0.29, 0.717) is 0 Å². The van der Waals surface area contributed by atoms with Crippen molar-refractivity contribution in [3.05, 3.63) is 36.4 Å². The molecule has 0 unspecified atom stereocenters. The molecule has 7 heteroatoms. The summed E-state index contributed by atoms with van der Waals surface area (Å²) in [4.78, 5) is 20.1. The van der Waals surface area contributed by atoms with E-state index in [9.17, 15) is 4.39 Å². The lowest BCUT2D eigenvalue weighted by molar-refractivity contribution is 0.612. The van der Waals surface area contributed by atoms with Crippen molar-refractivity contribution in [1.29, 1.82) is 0 Å². The second-order valence-corrected chi connectivity index (χ2v) is 6.22. The molecule has 4 rings (SSSR count). The Morgan fingerprint density at radius 2 is 1.46 bits per heavy atom. The van der Waals surface area contributed by atoms with Crippen LogP contribution in [0.2, 0.25) is 0 Å². The van der Waals surface area contributed by atoms with E-state index in [-0.39, 0.29) is 5.82 Å². The molecule has 2 saturated heterocycles. The highest BCUT2D eigenvalue weighted by Gasteiger charge is 2.21. The zero-order valence-corrected chi connectivity index (χ0v) is 13.6. The Morgan fingerprint density at radius 3 is 2.17 bits per heavy atom. The molecule has 0 radical (unpaired) electrons. The number of piperazine rings is 1. The lowest BCUT2D eigenvalue weighted by Gasteiger charge is -2.35. The van der Waals surface area contributed by atoms with Gasteiger partial charge in [0.15, 0.2) is 0 Å². The fourth-order valence-corrected chi connectivity index (χ4v) is 3.30. The summed E-state index contributed by atoms with van der Waals surface area (Å²) in [6.45, 7) is 5.50. The quantitative estimate of drug-likeness (QED) is 0.858. The number of hydrogen-bond donors (Lipinski definition) is 0. The number of anilines is 3. The van der Waals surface area contributed by atoms with Crippen molar-refractivity contribution < 1.29 is 4.39 Å². The summed E-state index contributed by atoms with van der Waals surface area (Å²) < 4.78 is 13.0. The highest BCUT2D eigenvalue weighted by Crippen LogP contribution is 2.21. The van der Waals surface area contributed by atoms with E-state index in [4.69, 9.17) is 4.98 Å². The van der Waals surface area contributed by atoms with Gasteiger partial charge in [-0.3, -0.25) is 0 Å². The molecular weight excluding hydrogens is 307 g/mol. The van der Waals surface area contributed by atoms with Gasteiger partial charge < -0.3 is 14.7 Å². The molecule has 0 spiro atoms. The van der Waals surface area contributed by atoms with E-state index in [0.717, 1.165) is 56.9 Å². The molecule has 6 nitrogen and oxygen atoms in total. The molecule has 0 saturated carbocycles. The van der Waals surface area contributed by atoms with E-state index in [1.165, 1.54) is 25.1 Å². The monoisotopic (exact) mass is 328 g/mol. The van der Waals surface area contributed by atoms with Gasteiger partial charge >= 0.3 is 0 Å². The van der Waals surface area contributed by atoms with Crippen molar-refractivity contribution in [1.82, 2.24) is 15.0 Å². The molecule has 2 aliphatic heterocycles. The molecule has 4 heterocycles. The number of halogens is 1. The maximum Gasteiger partial charge on any atom is 0.227 e. The van der Waals surface area contributed by atoms with Crippen LogP contribution in [0.25, 0.3) is 0 Å². The van der Waals surface area contributed by atoms with Gasteiger partial charge in [0, 0.05) is 45.5 Å². The number of aromatic nitrogens is 3. The zero-order valence-electron chi connectivity index (χ0n) is 13.6. The molecule has 2 aromatic rings. The fourth-order valence-electron chi connectivity index (χ4n) is 3.30. The second-order valence-electron chi connectivity index (χ2n) is 6.22. The highest BCUT2D eigenvalue weighted by molar-refractivity contribution is 5.46. The van der Waals surface area contributed by atoms with E-state index in [1.54, 1.807) is 6.07 Å². The molecule has 2 fully saturated rings. The molecular formula is C17H21FN6. The van der Waals surface area contributed by atoms with Crippen LogP contribution in [0.5, 0.6) is 0 Å². The molecule has 126 valence electrons. The van der Waals surface area contributed by atoms with Crippen LogP contribution in [0, 0.1) is 5.82 Å². The molecule has 2 aromatic heterocycles. The molecule has 0 bridgehead atoms. The van der Waals surface area contributed by atoms with Crippen LogP contribution >= 0.6 is 0 Å². The summed E-state index contributed by atoms with van der Waals surface area (Å²) in [5, 5.41) is 0. The number of hydrogen-bond acceptors (Lipinski definition) is 6. The summed E-state index contributed by atoms with van der Waals surface area (Å²) in [5.74, 6) is 2.35. The third kappa shape index (κ3) is 3.11. The lowest BCUT2D eigenvalue weighted by Crippen LogP contribution is -2.47. The number of rotatable bonds is 3. The Bertz CT molecular complexity index is 678. The molecule has 0 aliphatic carbocycles. The minimum Gasteiger partial charge on any atom is -0.356 e. The normalized spacial score (nSPS) is 18.3. The van der Waals surface area contributed by atoms with Gasteiger partial charge in [0.1, 0.15) is 17.5 Å². The Balaban J connectivity index is 1.42. The van der Waals surface area contributed by atoms with Crippen LogP contribution in [0.4, 0.5) is 22.0 Å². The van der Waals surface area contributed by atoms with Gasteiger partial charge in [0.25, 0.3) is 0 Å². The predicted octanol–water partition coefficient (Wildman–Crippen LogP) is 1.94. The first-order valence-corrected chi connectivity index (χ1v) is 8.49. The second kappa shape index (κ2) is 6.59. The number of nitrogens with zero attached hydrogens (tertiary/aromatic N) is 6. The molecule has 24 heavy (non-hydrogen) atoms. The molecule has 0 aromatic carbocycles.